The molecule has 4 aliphatic carbocycles. The van der Waals surface area contributed by atoms with E-state index in [0.29, 0.717) is 29.9 Å². The van der Waals surface area contributed by atoms with Crippen molar-refractivity contribution in [2.24, 2.45) is 35.0 Å². The molecule has 0 amide bonds. The standard InChI is InChI=1S/C20H28O6.C16H30O4/c1-9-5-13-18(24,15(9)22)7-11(8-21)6-12-14-17(3,4)20(14,26)16(23)10(2)19(12,13)25;1-2-14(13-16(19)20)11-9-7-5-3-4-6-8-10-12-15(17)18/h5-6,10,12-14,16,21,23-26H,7-8H2,1-4H3;14H,2-13H2,1H3,(H,17,18)(H,19,20)/t10-,12+,13-,14-,16-,18+,19+,20+;/m1./s1. The van der Waals surface area contributed by atoms with Crippen molar-refractivity contribution in [3.8, 4) is 0 Å². The lowest BCUT2D eigenvalue weighted by Crippen LogP contribution is -2.65. The Balaban J connectivity index is 0.000000262. The smallest absolute Gasteiger partial charge is 0.303 e. The van der Waals surface area contributed by atoms with Crippen molar-refractivity contribution in [3.63, 3.8) is 0 Å². The third-order valence-corrected chi connectivity index (χ3v) is 11.8. The van der Waals surface area contributed by atoms with Gasteiger partial charge in [-0.15, -0.1) is 0 Å². The molecule has 0 spiro atoms. The highest BCUT2D eigenvalue weighted by atomic mass is 16.4. The first-order valence-corrected chi connectivity index (χ1v) is 17.3. The molecule has 262 valence electrons. The fourth-order valence-corrected chi connectivity index (χ4v) is 8.91. The number of carbonyl (C=O) groups excluding carboxylic acids is 1. The first-order chi connectivity index (χ1) is 21.4. The van der Waals surface area contributed by atoms with Crippen molar-refractivity contribution < 1.29 is 50.1 Å². The zero-order valence-corrected chi connectivity index (χ0v) is 28.4. The number of aliphatic hydroxyl groups is 5. The predicted molar refractivity (Wildman–Crippen MR) is 173 cm³/mol. The summed E-state index contributed by atoms with van der Waals surface area (Å²) in [5.74, 6) is -4.18. The first kappa shape index (κ1) is 38.3. The van der Waals surface area contributed by atoms with Gasteiger partial charge in [-0.05, 0) is 36.8 Å². The van der Waals surface area contributed by atoms with Gasteiger partial charge in [0.15, 0.2) is 5.78 Å². The quantitative estimate of drug-likeness (QED) is 0.0987. The van der Waals surface area contributed by atoms with Crippen LogP contribution in [0.2, 0.25) is 0 Å². The van der Waals surface area contributed by atoms with E-state index in [2.05, 4.69) is 6.92 Å². The average molecular weight is 651 g/mol. The molecule has 7 N–H and O–H groups in total. The fraction of sp³-hybridized carbons (Fsp3) is 0.806. The molecule has 4 aliphatic rings. The Morgan fingerprint density at radius 1 is 0.935 bits per heavy atom. The Bertz CT molecular complexity index is 1180. The average Bonchev–Trinajstić information content (AvgIpc) is 3.39. The summed E-state index contributed by atoms with van der Waals surface area (Å²) in [6, 6.07) is 0. The molecule has 10 heteroatoms. The zero-order valence-electron chi connectivity index (χ0n) is 28.4. The fourth-order valence-electron chi connectivity index (χ4n) is 8.91. The zero-order chi connectivity index (χ0) is 34.7. The summed E-state index contributed by atoms with van der Waals surface area (Å²) in [6.07, 6.45) is 13.5. The molecule has 10 nitrogen and oxygen atoms in total. The van der Waals surface area contributed by atoms with Crippen LogP contribution in [0.4, 0.5) is 0 Å². The molecule has 1 unspecified atom stereocenters. The SMILES string of the molecule is CC1=C[C@H]2[C@]3(O)[C@H](C)[C@@H](O)[C@@]4(O)[C@H]([C@@H]3C=C(CO)C[C@@]2(O)C1=O)C4(C)C.CCC(CCCCCCCCCCC(=O)O)CC(=O)O. The van der Waals surface area contributed by atoms with E-state index in [1.165, 1.54) is 25.7 Å². The molecule has 0 bridgehead atoms. The van der Waals surface area contributed by atoms with E-state index in [1.54, 1.807) is 26.0 Å². The molecular formula is C36H58O10. The first-order valence-electron chi connectivity index (χ1n) is 17.3. The second-order valence-electron chi connectivity index (χ2n) is 15.0. The number of aliphatic hydroxyl groups excluding tert-OH is 2. The second kappa shape index (κ2) is 15.0. The molecular weight excluding hydrogens is 592 g/mol. The van der Waals surface area contributed by atoms with Crippen LogP contribution in [0.3, 0.4) is 0 Å². The summed E-state index contributed by atoms with van der Waals surface area (Å²) in [4.78, 5) is 33.7. The Kier molecular flexibility index (Phi) is 12.5. The lowest BCUT2D eigenvalue weighted by Gasteiger charge is -2.51. The number of ketones is 1. The van der Waals surface area contributed by atoms with Crippen molar-refractivity contribution in [1.29, 1.82) is 0 Å². The summed E-state index contributed by atoms with van der Waals surface area (Å²) < 4.78 is 0. The van der Waals surface area contributed by atoms with E-state index in [9.17, 15) is 39.9 Å². The highest BCUT2D eigenvalue weighted by molar-refractivity contribution is 6.04. The van der Waals surface area contributed by atoms with Gasteiger partial charge in [0.25, 0.3) is 0 Å². The molecule has 0 heterocycles. The van der Waals surface area contributed by atoms with Crippen LogP contribution in [-0.2, 0) is 14.4 Å². The van der Waals surface area contributed by atoms with Crippen LogP contribution in [0, 0.1) is 35.0 Å². The number of Topliss-reactive ketones (excluding diaryl/α,β-unsaturated/α-hetero) is 1. The summed E-state index contributed by atoms with van der Waals surface area (Å²) in [6.45, 7) is 8.69. The second-order valence-corrected chi connectivity index (χ2v) is 15.0. The van der Waals surface area contributed by atoms with Crippen LogP contribution in [0.1, 0.15) is 118 Å². The van der Waals surface area contributed by atoms with Crippen molar-refractivity contribution in [1.82, 2.24) is 0 Å². The van der Waals surface area contributed by atoms with E-state index < -0.39 is 69.7 Å². The van der Waals surface area contributed by atoms with E-state index >= 15 is 0 Å². The largest absolute Gasteiger partial charge is 0.481 e. The molecule has 4 rings (SSSR count). The number of carboxylic acid groups (broad SMARTS) is 2. The molecule has 0 aromatic heterocycles. The third kappa shape index (κ3) is 7.16. The molecule has 2 fully saturated rings. The normalized spacial score (nSPS) is 36.1. The topological polar surface area (TPSA) is 193 Å². The number of rotatable bonds is 15. The van der Waals surface area contributed by atoms with Gasteiger partial charge in [-0.25, -0.2) is 0 Å². The molecule has 0 radical (unpaired) electrons. The van der Waals surface area contributed by atoms with E-state index in [4.69, 9.17) is 10.2 Å². The lowest BCUT2D eigenvalue weighted by atomic mass is 9.59. The monoisotopic (exact) mass is 650 g/mol. The maximum atomic E-state index is 12.7. The van der Waals surface area contributed by atoms with Crippen LogP contribution in [0.25, 0.3) is 0 Å². The molecule has 0 saturated heterocycles. The van der Waals surface area contributed by atoms with E-state index in [1.807, 2.05) is 13.8 Å². The van der Waals surface area contributed by atoms with Gasteiger partial charge in [0.05, 0.1) is 18.3 Å². The number of carbonyl (C=O) groups is 3. The Morgan fingerprint density at radius 2 is 1.50 bits per heavy atom. The van der Waals surface area contributed by atoms with Crippen molar-refractivity contribution >= 4 is 17.7 Å². The van der Waals surface area contributed by atoms with Gasteiger partial charge in [-0.2, -0.15) is 0 Å². The van der Waals surface area contributed by atoms with Gasteiger partial charge >= 0.3 is 11.9 Å². The number of aliphatic carboxylic acids is 2. The van der Waals surface area contributed by atoms with Crippen LogP contribution in [0.5, 0.6) is 0 Å². The van der Waals surface area contributed by atoms with Gasteiger partial charge in [0.1, 0.15) is 11.2 Å². The predicted octanol–water partition coefficient (Wildman–Crippen LogP) is 4.40. The van der Waals surface area contributed by atoms with Gasteiger partial charge < -0.3 is 35.7 Å². The molecule has 0 aliphatic heterocycles. The number of unbranched alkanes of at least 4 members (excludes halogenated alkanes) is 7. The highest BCUT2D eigenvalue weighted by Crippen LogP contribution is 2.74. The summed E-state index contributed by atoms with van der Waals surface area (Å²) >= 11 is 0. The van der Waals surface area contributed by atoms with Crippen LogP contribution >= 0.6 is 0 Å². The molecule has 0 aromatic rings. The molecule has 2 saturated carbocycles. The summed E-state index contributed by atoms with van der Waals surface area (Å²) in [5.41, 5.74) is -4.57. The van der Waals surface area contributed by atoms with Gasteiger partial charge in [0, 0.05) is 48.3 Å². The minimum Gasteiger partial charge on any atom is -0.481 e. The number of carboxylic acids is 2. The van der Waals surface area contributed by atoms with Gasteiger partial charge in [-0.3, -0.25) is 14.4 Å². The number of hydrogen-bond acceptors (Lipinski definition) is 8. The maximum Gasteiger partial charge on any atom is 0.303 e. The molecule has 46 heavy (non-hydrogen) atoms. The van der Waals surface area contributed by atoms with Crippen molar-refractivity contribution in [2.45, 2.75) is 141 Å². The van der Waals surface area contributed by atoms with Crippen molar-refractivity contribution in [3.05, 3.63) is 23.3 Å². The summed E-state index contributed by atoms with van der Waals surface area (Å²) in [5, 5.41) is 72.2. The van der Waals surface area contributed by atoms with Gasteiger partial charge in [-0.1, -0.05) is 91.2 Å². The van der Waals surface area contributed by atoms with Crippen LogP contribution in [-0.4, -0.2) is 83.0 Å². The summed E-state index contributed by atoms with van der Waals surface area (Å²) in [7, 11) is 0. The number of hydrogen-bond donors (Lipinski definition) is 7. The van der Waals surface area contributed by atoms with E-state index in [-0.39, 0.29) is 13.0 Å². The van der Waals surface area contributed by atoms with Crippen molar-refractivity contribution in [2.75, 3.05) is 6.61 Å². The molecule has 9 atom stereocenters. The highest BCUT2D eigenvalue weighted by Gasteiger charge is 2.84. The third-order valence-electron chi connectivity index (χ3n) is 11.8. The minimum absolute atomic E-state index is 0.0615. The number of fused-ring (bicyclic) bond motifs is 5. The van der Waals surface area contributed by atoms with E-state index in [0.717, 1.165) is 38.5 Å². The Morgan fingerprint density at radius 3 is 2.02 bits per heavy atom. The van der Waals surface area contributed by atoms with Crippen LogP contribution in [0.15, 0.2) is 23.3 Å². The van der Waals surface area contributed by atoms with Crippen LogP contribution < -0.4 is 0 Å². The Hall–Kier alpha value is -2.11. The minimum atomic E-state index is -1.84. The lowest BCUT2D eigenvalue weighted by molar-refractivity contribution is -0.209. The maximum absolute atomic E-state index is 12.7. The van der Waals surface area contributed by atoms with Gasteiger partial charge in [0.2, 0.25) is 0 Å². The molecule has 0 aromatic carbocycles. The Labute approximate surface area is 273 Å².